The fraction of sp³-hybridized carbons (Fsp3) is 0.286. The van der Waals surface area contributed by atoms with Crippen molar-refractivity contribution < 1.29 is 9.29 Å². The van der Waals surface area contributed by atoms with E-state index in [1.807, 2.05) is 54.1 Å². The molecule has 0 atom stereocenters. The van der Waals surface area contributed by atoms with Gasteiger partial charge in [-0.2, -0.15) is 5.10 Å². The number of aromatic nitrogens is 2. The highest BCUT2D eigenvalue weighted by Crippen LogP contribution is 2.23. The molecule has 0 radical (unpaired) electrons. The quantitative estimate of drug-likeness (QED) is 0.747. The standard InChI is InChI=1S/C21H22ClFN4/c1-16-20(21(22)27(24-16)19-5-3-2-4-6-19)15-25-11-13-26(14-12-25)18-9-7-17(23)8-10-18/h2-10H,11-15H2,1H3/p+1. The van der Waals surface area contributed by atoms with Gasteiger partial charge in [-0.15, -0.1) is 0 Å². The van der Waals surface area contributed by atoms with E-state index in [1.165, 1.54) is 17.0 Å². The van der Waals surface area contributed by atoms with Gasteiger partial charge in [0, 0.05) is 5.69 Å². The molecule has 2 heterocycles. The molecular weight excluding hydrogens is 363 g/mol. The Hall–Kier alpha value is -2.37. The molecule has 0 amide bonds. The predicted molar refractivity (Wildman–Crippen MR) is 106 cm³/mol. The molecule has 1 N–H and O–H groups in total. The molecule has 27 heavy (non-hydrogen) atoms. The minimum atomic E-state index is -0.191. The van der Waals surface area contributed by atoms with Gasteiger partial charge in [0.05, 0.1) is 43.1 Å². The summed E-state index contributed by atoms with van der Waals surface area (Å²) in [6, 6.07) is 16.7. The molecule has 1 fully saturated rings. The lowest BCUT2D eigenvalue weighted by Crippen LogP contribution is -3.13. The Morgan fingerprint density at radius 2 is 1.67 bits per heavy atom. The first kappa shape index (κ1) is 18.0. The topological polar surface area (TPSA) is 25.5 Å². The van der Waals surface area contributed by atoms with Crippen molar-refractivity contribution >= 4 is 17.3 Å². The summed E-state index contributed by atoms with van der Waals surface area (Å²) in [7, 11) is 0. The summed E-state index contributed by atoms with van der Waals surface area (Å²) in [6.45, 7) is 6.83. The molecule has 6 heteroatoms. The zero-order valence-corrected chi connectivity index (χ0v) is 16.1. The third kappa shape index (κ3) is 3.84. The van der Waals surface area contributed by atoms with Gasteiger partial charge in [-0.25, -0.2) is 9.07 Å². The van der Waals surface area contributed by atoms with Crippen molar-refractivity contribution in [3.05, 3.63) is 76.8 Å². The van der Waals surface area contributed by atoms with Crippen LogP contribution < -0.4 is 9.80 Å². The molecule has 2 aromatic carbocycles. The van der Waals surface area contributed by atoms with Crippen molar-refractivity contribution in [2.24, 2.45) is 0 Å². The molecule has 1 aromatic heterocycles. The zero-order valence-electron chi connectivity index (χ0n) is 15.3. The number of rotatable bonds is 4. The SMILES string of the molecule is Cc1nn(-c2ccccc2)c(Cl)c1C[NH+]1CCN(c2ccc(F)cc2)CC1. The molecular formula is C21H23ClFN4+. The number of piperazine rings is 1. The predicted octanol–water partition coefficient (Wildman–Crippen LogP) is 2.88. The Bertz CT molecular complexity index is 900. The van der Waals surface area contributed by atoms with Crippen LogP contribution in [0.3, 0.4) is 0 Å². The first-order valence-corrected chi connectivity index (χ1v) is 9.63. The molecule has 0 bridgehead atoms. The molecule has 140 valence electrons. The van der Waals surface area contributed by atoms with E-state index < -0.39 is 0 Å². The first-order chi connectivity index (χ1) is 13.1. The monoisotopic (exact) mass is 385 g/mol. The molecule has 4 rings (SSSR count). The van der Waals surface area contributed by atoms with Gasteiger partial charge in [0.1, 0.15) is 17.5 Å². The van der Waals surface area contributed by atoms with Gasteiger partial charge >= 0.3 is 0 Å². The Morgan fingerprint density at radius 3 is 2.33 bits per heavy atom. The van der Waals surface area contributed by atoms with E-state index in [9.17, 15) is 4.39 Å². The van der Waals surface area contributed by atoms with Crippen LogP contribution in [-0.4, -0.2) is 36.0 Å². The maximum Gasteiger partial charge on any atom is 0.142 e. The molecule has 0 spiro atoms. The van der Waals surface area contributed by atoms with Crippen LogP contribution in [0.25, 0.3) is 5.69 Å². The van der Waals surface area contributed by atoms with Crippen LogP contribution in [0.5, 0.6) is 0 Å². The number of nitrogens with zero attached hydrogens (tertiary/aromatic N) is 3. The van der Waals surface area contributed by atoms with Gasteiger partial charge in [0.15, 0.2) is 0 Å². The van der Waals surface area contributed by atoms with E-state index in [0.29, 0.717) is 5.15 Å². The van der Waals surface area contributed by atoms with Gasteiger partial charge in [0.2, 0.25) is 0 Å². The first-order valence-electron chi connectivity index (χ1n) is 9.25. The Balaban J connectivity index is 1.43. The number of aryl methyl sites for hydroxylation is 1. The number of hydrogen-bond donors (Lipinski definition) is 1. The molecule has 4 nitrogen and oxygen atoms in total. The Kier molecular flexibility index (Phi) is 5.14. The van der Waals surface area contributed by atoms with E-state index >= 15 is 0 Å². The smallest absolute Gasteiger partial charge is 0.142 e. The molecule has 1 aliphatic rings. The van der Waals surface area contributed by atoms with Crippen LogP contribution >= 0.6 is 11.6 Å². The number of halogens is 2. The van der Waals surface area contributed by atoms with Crippen LogP contribution in [0.2, 0.25) is 5.15 Å². The maximum atomic E-state index is 13.1. The summed E-state index contributed by atoms with van der Waals surface area (Å²) < 4.78 is 14.9. The van der Waals surface area contributed by atoms with Crippen LogP contribution in [-0.2, 0) is 6.54 Å². The number of quaternary nitrogens is 1. The summed E-state index contributed by atoms with van der Waals surface area (Å²) in [5.74, 6) is -0.191. The van der Waals surface area contributed by atoms with Crippen LogP contribution in [0.1, 0.15) is 11.3 Å². The maximum absolute atomic E-state index is 13.1. The van der Waals surface area contributed by atoms with E-state index in [0.717, 1.165) is 55.4 Å². The third-order valence-corrected chi connectivity index (χ3v) is 5.60. The second kappa shape index (κ2) is 7.71. The molecule has 0 saturated carbocycles. The second-order valence-corrected chi connectivity index (χ2v) is 7.35. The van der Waals surface area contributed by atoms with Gasteiger partial charge < -0.3 is 9.80 Å². The second-order valence-electron chi connectivity index (χ2n) is 6.99. The van der Waals surface area contributed by atoms with E-state index in [1.54, 1.807) is 0 Å². The minimum Gasteiger partial charge on any atom is -0.360 e. The van der Waals surface area contributed by atoms with Crippen LogP contribution in [0, 0.1) is 12.7 Å². The van der Waals surface area contributed by atoms with Crippen LogP contribution in [0.15, 0.2) is 54.6 Å². The molecule has 0 unspecified atom stereocenters. The van der Waals surface area contributed by atoms with Crippen molar-refractivity contribution in [1.82, 2.24) is 9.78 Å². The molecule has 1 saturated heterocycles. The fourth-order valence-corrected chi connectivity index (χ4v) is 3.97. The molecule has 0 aliphatic carbocycles. The average Bonchev–Trinajstić information content (AvgIpc) is 2.98. The van der Waals surface area contributed by atoms with E-state index in [2.05, 4.69) is 10.00 Å². The van der Waals surface area contributed by atoms with Crippen molar-refractivity contribution in [1.29, 1.82) is 0 Å². The Morgan fingerprint density at radius 1 is 1.00 bits per heavy atom. The lowest BCUT2D eigenvalue weighted by molar-refractivity contribution is -0.914. The third-order valence-electron chi connectivity index (χ3n) is 5.21. The van der Waals surface area contributed by atoms with E-state index in [-0.39, 0.29) is 5.82 Å². The lowest BCUT2D eigenvalue weighted by Gasteiger charge is -2.33. The summed E-state index contributed by atoms with van der Waals surface area (Å²) in [6.07, 6.45) is 0. The molecule has 1 aliphatic heterocycles. The summed E-state index contributed by atoms with van der Waals surface area (Å²) in [5, 5.41) is 5.34. The van der Waals surface area contributed by atoms with E-state index in [4.69, 9.17) is 11.6 Å². The van der Waals surface area contributed by atoms with Gasteiger partial charge in [-0.1, -0.05) is 29.8 Å². The van der Waals surface area contributed by atoms with Crippen molar-refractivity contribution in [3.63, 3.8) is 0 Å². The number of para-hydroxylation sites is 1. The van der Waals surface area contributed by atoms with Crippen molar-refractivity contribution in [2.75, 3.05) is 31.1 Å². The summed E-state index contributed by atoms with van der Waals surface area (Å²) >= 11 is 6.66. The number of nitrogens with one attached hydrogen (secondary N) is 1. The highest BCUT2D eigenvalue weighted by Gasteiger charge is 2.24. The van der Waals surface area contributed by atoms with Crippen molar-refractivity contribution in [3.8, 4) is 5.69 Å². The minimum absolute atomic E-state index is 0.191. The van der Waals surface area contributed by atoms with Gasteiger partial charge in [-0.3, -0.25) is 0 Å². The number of hydrogen-bond acceptors (Lipinski definition) is 2. The average molecular weight is 386 g/mol. The number of benzene rings is 2. The molecule has 3 aromatic rings. The normalized spacial score (nSPS) is 15.3. The summed E-state index contributed by atoms with van der Waals surface area (Å²) in [5.41, 5.74) is 4.16. The van der Waals surface area contributed by atoms with Gasteiger partial charge in [-0.05, 0) is 43.3 Å². The summed E-state index contributed by atoms with van der Waals surface area (Å²) in [4.78, 5) is 3.80. The largest absolute Gasteiger partial charge is 0.360 e. The van der Waals surface area contributed by atoms with Crippen molar-refractivity contribution in [2.45, 2.75) is 13.5 Å². The van der Waals surface area contributed by atoms with Crippen LogP contribution in [0.4, 0.5) is 10.1 Å². The highest BCUT2D eigenvalue weighted by atomic mass is 35.5. The lowest BCUT2D eigenvalue weighted by atomic mass is 10.2. The highest BCUT2D eigenvalue weighted by molar-refractivity contribution is 6.30. The number of anilines is 1. The zero-order chi connectivity index (χ0) is 18.8. The van der Waals surface area contributed by atoms with Gasteiger partial charge in [0.25, 0.3) is 0 Å². The Labute approximate surface area is 163 Å². The fourth-order valence-electron chi connectivity index (χ4n) is 3.63.